The van der Waals surface area contributed by atoms with Gasteiger partial charge in [0.2, 0.25) is 0 Å². The molecule has 0 aliphatic carbocycles. The lowest BCUT2D eigenvalue weighted by Crippen LogP contribution is -2.46. The number of carbonyl (C=O) groups is 1. The van der Waals surface area contributed by atoms with Gasteiger partial charge in [-0.3, -0.25) is 4.90 Å². The van der Waals surface area contributed by atoms with Crippen LogP contribution in [0.4, 0.5) is 4.79 Å². The van der Waals surface area contributed by atoms with Crippen molar-refractivity contribution in [3.8, 4) is 12.3 Å². The summed E-state index contributed by atoms with van der Waals surface area (Å²) in [5.41, 5.74) is 0. The highest BCUT2D eigenvalue weighted by Crippen LogP contribution is 2.10. The third-order valence-corrected chi connectivity index (χ3v) is 2.78. The predicted octanol–water partition coefficient (Wildman–Crippen LogP) is 0.418. The largest absolute Gasteiger partial charge is 0.373 e. The molecule has 5 nitrogen and oxygen atoms in total. The minimum absolute atomic E-state index is 0.198. The molecule has 2 amide bonds. The highest BCUT2D eigenvalue weighted by molar-refractivity contribution is 5.73. The van der Waals surface area contributed by atoms with E-state index in [1.165, 1.54) is 0 Å². The topological polar surface area (TPSA) is 53.6 Å². The number of amides is 2. The molecule has 0 radical (unpaired) electrons. The third kappa shape index (κ3) is 5.89. The van der Waals surface area contributed by atoms with Crippen LogP contribution in [0.15, 0.2) is 0 Å². The van der Waals surface area contributed by atoms with E-state index < -0.39 is 0 Å². The normalized spacial score (nSPS) is 24.3. The predicted molar refractivity (Wildman–Crippen MR) is 71.3 cm³/mol. The first-order valence-corrected chi connectivity index (χ1v) is 6.44. The second kappa shape index (κ2) is 7.96. The van der Waals surface area contributed by atoms with Gasteiger partial charge in [-0.1, -0.05) is 5.92 Å². The van der Waals surface area contributed by atoms with Gasteiger partial charge in [0.1, 0.15) is 0 Å². The number of nitrogens with one attached hydrogen (secondary N) is 2. The molecular formula is C13H23N3O2. The first-order chi connectivity index (χ1) is 8.61. The summed E-state index contributed by atoms with van der Waals surface area (Å²) in [6, 6.07) is -0.198. The van der Waals surface area contributed by atoms with Crippen molar-refractivity contribution in [2.75, 3.05) is 32.7 Å². The van der Waals surface area contributed by atoms with Crippen LogP contribution < -0.4 is 10.6 Å². The van der Waals surface area contributed by atoms with Crippen LogP contribution in [0.5, 0.6) is 0 Å². The maximum Gasteiger partial charge on any atom is 0.315 e. The maximum absolute atomic E-state index is 11.2. The number of terminal acetylenes is 1. The fraction of sp³-hybridized carbons (Fsp3) is 0.769. The van der Waals surface area contributed by atoms with E-state index in [0.717, 1.165) is 26.1 Å². The van der Waals surface area contributed by atoms with E-state index >= 15 is 0 Å². The fourth-order valence-corrected chi connectivity index (χ4v) is 2.17. The molecule has 0 aromatic rings. The molecule has 1 heterocycles. The van der Waals surface area contributed by atoms with E-state index in [2.05, 4.69) is 35.3 Å². The molecule has 1 rings (SSSR count). The average Bonchev–Trinajstić information content (AvgIpc) is 2.31. The SMILES string of the molecule is C#CCNC(=O)NCCCN1C[C@H](C)O[C@@H](C)C1. The average molecular weight is 253 g/mol. The van der Waals surface area contributed by atoms with E-state index in [-0.39, 0.29) is 12.6 Å². The molecule has 5 heteroatoms. The monoisotopic (exact) mass is 253 g/mol. The number of hydrogen-bond donors (Lipinski definition) is 2. The Balaban J connectivity index is 2.07. The van der Waals surface area contributed by atoms with Crippen molar-refractivity contribution in [3.63, 3.8) is 0 Å². The van der Waals surface area contributed by atoms with Crippen molar-refractivity contribution in [2.45, 2.75) is 32.5 Å². The lowest BCUT2D eigenvalue weighted by molar-refractivity contribution is -0.0679. The van der Waals surface area contributed by atoms with Gasteiger partial charge in [-0.05, 0) is 20.3 Å². The molecule has 102 valence electrons. The summed E-state index contributed by atoms with van der Waals surface area (Å²) in [6.07, 6.45) is 6.56. The van der Waals surface area contributed by atoms with Crippen molar-refractivity contribution < 1.29 is 9.53 Å². The molecule has 1 aliphatic heterocycles. The molecule has 0 unspecified atom stereocenters. The van der Waals surface area contributed by atoms with Crippen LogP contribution in [0, 0.1) is 12.3 Å². The number of carbonyl (C=O) groups excluding carboxylic acids is 1. The molecule has 18 heavy (non-hydrogen) atoms. The molecule has 0 saturated carbocycles. The molecule has 0 spiro atoms. The van der Waals surface area contributed by atoms with Crippen molar-refractivity contribution in [2.24, 2.45) is 0 Å². The van der Waals surface area contributed by atoms with Gasteiger partial charge in [-0.25, -0.2) is 4.79 Å². The number of urea groups is 1. The quantitative estimate of drug-likeness (QED) is 0.551. The molecule has 0 bridgehead atoms. The number of nitrogens with zero attached hydrogens (tertiary/aromatic N) is 1. The number of hydrogen-bond acceptors (Lipinski definition) is 3. The Kier molecular flexibility index (Phi) is 6.55. The summed E-state index contributed by atoms with van der Waals surface area (Å²) in [4.78, 5) is 13.6. The molecule has 1 aliphatic rings. The summed E-state index contributed by atoms with van der Waals surface area (Å²) in [7, 11) is 0. The van der Waals surface area contributed by atoms with Gasteiger partial charge in [0, 0.05) is 26.2 Å². The molecule has 1 saturated heterocycles. The smallest absolute Gasteiger partial charge is 0.315 e. The first kappa shape index (κ1) is 14.8. The standard InChI is InChI=1S/C13H23N3O2/c1-4-6-14-13(17)15-7-5-8-16-9-11(2)18-12(3)10-16/h1,11-12H,5-10H2,2-3H3,(H2,14,15,17)/t11-,12-/m0/s1. The van der Waals surface area contributed by atoms with Crippen molar-refractivity contribution >= 4 is 6.03 Å². The number of rotatable bonds is 5. The van der Waals surface area contributed by atoms with Crippen LogP contribution >= 0.6 is 0 Å². The summed E-state index contributed by atoms with van der Waals surface area (Å²) in [5.74, 6) is 2.36. The number of ether oxygens (including phenoxy) is 1. The molecule has 2 atom stereocenters. The molecule has 2 N–H and O–H groups in total. The Hall–Kier alpha value is -1.25. The third-order valence-electron chi connectivity index (χ3n) is 2.78. The highest BCUT2D eigenvalue weighted by Gasteiger charge is 2.21. The van der Waals surface area contributed by atoms with Gasteiger partial charge >= 0.3 is 6.03 Å². The minimum atomic E-state index is -0.198. The zero-order valence-electron chi connectivity index (χ0n) is 11.2. The van der Waals surface area contributed by atoms with Gasteiger partial charge in [0.25, 0.3) is 0 Å². The Labute approximate surface area is 109 Å². The van der Waals surface area contributed by atoms with Crippen molar-refractivity contribution in [1.29, 1.82) is 0 Å². The lowest BCUT2D eigenvalue weighted by Gasteiger charge is -2.35. The second-order valence-electron chi connectivity index (χ2n) is 4.68. The van der Waals surface area contributed by atoms with Crippen LogP contribution in [0.25, 0.3) is 0 Å². The van der Waals surface area contributed by atoms with E-state index in [1.54, 1.807) is 0 Å². The van der Waals surface area contributed by atoms with Crippen molar-refractivity contribution in [1.82, 2.24) is 15.5 Å². The lowest BCUT2D eigenvalue weighted by atomic mass is 10.2. The van der Waals surface area contributed by atoms with Gasteiger partial charge in [-0.2, -0.15) is 0 Å². The van der Waals surface area contributed by atoms with E-state index in [0.29, 0.717) is 18.8 Å². The van der Waals surface area contributed by atoms with Gasteiger partial charge < -0.3 is 15.4 Å². The molecule has 0 aromatic heterocycles. The summed E-state index contributed by atoms with van der Waals surface area (Å²) in [5, 5.41) is 5.34. The Morgan fingerprint density at radius 1 is 1.39 bits per heavy atom. The molecule has 1 fully saturated rings. The van der Waals surface area contributed by atoms with Crippen molar-refractivity contribution in [3.05, 3.63) is 0 Å². The summed E-state index contributed by atoms with van der Waals surface area (Å²) < 4.78 is 5.67. The van der Waals surface area contributed by atoms with Crippen LogP contribution in [0.2, 0.25) is 0 Å². The van der Waals surface area contributed by atoms with Crippen LogP contribution in [0.3, 0.4) is 0 Å². The number of morpholine rings is 1. The Morgan fingerprint density at radius 3 is 2.67 bits per heavy atom. The first-order valence-electron chi connectivity index (χ1n) is 6.44. The zero-order valence-corrected chi connectivity index (χ0v) is 11.2. The fourth-order valence-electron chi connectivity index (χ4n) is 2.17. The van der Waals surface area contributed by atoms with E-state index in [1.807, 2.05) is 0 Å². The highest BCUT2D eigenvalue weighted by atomic mass is 16.5. The zero-order chi connectivity index (χ0) is 13.4. The van der Waals surface area contributed by atoms with E-state index in [4.69, 9.17) is 11.2 Å². The van der Waals surface area contributed by atoms with Crippen LogP contribution in [-0.4, -0.2) is 55.9 Å². The minimum Gasteiger partial charge on any atom is -0.373 e. The van der Waals surface area contributed by atoms with Crippen LogP contribution in [-0.2, 0) is 4.74 Å². The molecule has 0 aromatic carbocycles. The Morgan fingerprint density at radius 2 is 2.06 bits per heavy atom. The summed E-state index contributed by atoms with van der Waals surface area (Å²) >= 11 is 0. The Bertz CT molecular complexity index is 291. The maximum atomic E-state index is 11.2. The van der Waals surface area contributed by atoms with Gasteiger partial charge in [0.15, 0.2) is 0 Å². The molecular weight excluding hydrogens is 230 g/mol. The van der Waals surface area contributed by atoms with Gasteiger partial charge in [-0.15, -0.1) is 6.42 Å². The van der Waals surface area contributed by atoms with Crippen LogP contribution in [0.1, 0.15) is 20.3 Å². The summed E-state index contributed by atoms with van der Waals surface area (Å²) in [6.45, 7) is 8.03. The van der Waals surface area contributed by atoms with Gasteiger partial charge in [0.05, 0.1) is 18.8 Å². The second-order valence-corrected chi connectivity index (χ2v) is 4.68. The van der Waals surface area contributed by atoms with E-state index in [9.17, 15) is 4.79 Å².